The highest BCUT2D eigenvalue weighted by Gasteiger charge is 2.18. The van der Waals surface area contributed by atoms with E-state index in [4.69, 9.17) is 11.6 Å². The van der Waals surface area contributed by atoms with Gasteiger partial charge in [-0.3, -0.25) is 0 Å². The number of nitrogens with one attached hydrogen (secondary N) is 1. The third kappa shape index (κ3) is 4.08. The van der Waals surface area contributed by atoms with Crippen molar-refractivity contribution in [2.75, 3.05) is 18.4 Å². The van der Waals surface area contributed by atoms with Crippen molar-refractivity contribution >= 4 is 17.3 Å². The van der Waals surface area contributed by atoms with Crippen molar-refractivity contribution in [2.45, 2.75) is 45.2 Å². The molecule has 1 aromatic rings. The third-order valence-electron chi connectivity index (χ3n) is 3.78. The smallest absolute Gasteiger partial charge is 0.143 e. The largest absolute Gasteiger partial charge is 0.382 e. The van der Waals surface area contributed by atoms with E-state index < -0.39 is 0 Å². The fourth-order valence-corrected chi connectivity index (χ4v) is 2.72. The molecule has 1 N–H and O–H groups in total. The Morgan fingerprint density at radius 2 is 2.11 bits per heavy atom. The summed E-state index contributed by atoms with van der Waals surface area (Å²) < 4.78 is 13.4. The van der Waals surface area contributed by atoms with Gasteiger partial charge in [0.15, 0.2) is 0 Å². The maximum absolute atomic E-state index is 13.4. The molecule has 4 heteroatoms. The predicted molar refractivity (Wildman–Crippen MR) is 79.4 cm³/mol. The monoisotopic (exact) mass is 284 g/mol. The summed E-state index contributed by atoms with van der Waals surface area (Å²) in [6.07, 6.45) is 3.42. The van der Waals surface area contributed by atoms with Crippen LogP contribution in [0, 0.1) is 5.82 Å². The molecule has 2 nitrogen and oxygen atoms in total. The zero-order valence-corrected chi connectivity index (χ0v) is 12.4. The minimum absolute atomic E-state index is 0.178. The highest BCUT2D eigenvalue weighted by atomic mass is 35.5. The number of hydrogen-bond donors (Lipinski definition) is 1. The van der Waals surface area contributed by atoms with E-state index in [-0.39, 0.29) is 10.8 Å². The molecule has 19 heavy (non-hydrogen) atoms. The molecule has 0 spiro atoms. The van der Waals surface area contributed by atoms with Crippen molar-refractivity contribution in [2.24, 2.45) is 0 Å². The summed E-state index contributed by atoms with van der Waals surface area (Å²) >= 11 is 5.69. The van der Waals surface area contributed by atoms with Gasteiger partial charge >= 0.3 is 0 Å². The molecule has 1 fully saturated rings. The lowest BCUT2D eigenvalue weighted by Crippen LogP contribution is -2.32. The van der Waals surface area contributed by atoms with E-state index >= 15 is 0 Å². The van der Waals surface area contributed by atoms with E-state index in [1.165, 1.54) is 12.5 Å². The van der Waals surface area contributed by atoms with E-state index in [0.29, 0.717) is 12.1 Å². The number of benzene rings is 1. The van der Waals surface area contributed by atoms with Crippen LogP contribution in [0.4, 0.5) is 10.1 Å². The Morgan fingerprint density at radius 1 is 1.32 bits per heavy atom. The predicted octanol–water partition coefficient (Wildman–Crippen LogP) is 4.15. The molecule has 0 radical (unpaired) electrons. The molecule has 1 saturated heterocycles. The van der Waals surface area contributed by atoms with Crippen LogP contribution in [-0.4, -0.2) is 30.1 Å². The molecular weight excluding hydrogens is 263 g/mol. The van der Waals surface area contributed by atoms with E-state index in [1.54, 1.807) is 6.07 Å². The number of rotatable bonds is 3. The second-order valence-electron chi connectivity index (χ2n) is 5.53. The lowest BCUT2D eigenvalue weighted by molar-refractivity contribution is 0.230. The first-order chi connectivity index (χ1) is 9.06. The Balaban J connectivity index is 1.94. The van der Waals surface area contributed by atoms with Crippen molar-refractivity contribution in [1.82, 2.24) is 4.90 Å². The van der Waals surface area contributed by atoms with Crippen LogP contribution in [0.3, 0.4) is 0 Å². The summed E-state index contributed by atoms with van der Waals surface area (Å²) in [4.78, 5) is 2.50. The lowest BCUT2D eigenvalue weighted by atomic mass is 10.1. The minimum Gasteiger partial charge on any atom is -0.382 e. The van der Waals surface area contributed by atoms with Crippen LogP contribution in [0.2, 0.25) is 5.02 Å². The van der Waals surface area contributed by atoms with Gasteiger partial charge in [0.05, 0.1) is 5.02 Å². The lowest BCUT2D eigenvalue weighted by Gasteiger charge is -2.24. The van der Waals surface area contributed by atoms with Gasteiger partial charge in [0, 0.05) is 24.3 Å². The average molecular weight is 285 g/mol. The Morgan fingerprint density at radius 3 is 2.79 bits per heavy atom. The molecular formula is C15H22ClFN2. The van der Waals surface area contributed by atoms with Gasteiger partial charge in [0.25, 0.3) is 0 Å². The van der Waals surface area contributed by atoms with Crippen molar-refractivity contribution in [3.05, 3.63) is 29.0 Å². The van der Waals surface area contributed by atoms with E-state index in [1.807, 2.05) is 6.07 Å². The van der Waals surface area contributed by atoms with Crippen molar-refractivity contribution in [3.63, 3.8) is 0 Å². The number of likely N-dealkylation sites (tertiary alicyclic amines) is 1. The Labute approximate surface area is 119 Å². The van der Waals surface area contributed by atoms with Crippen molar-refractivity contribution in [1.29, 1.82) is 0 Å². The molecule has 1 aliphatic rings. The van der Waals surface area contributed by atoms with E-state index in [0.717, 1.165) is 31.6 Å². The van der Waals surface area contributed by atoms with Crippen LogP contribution >= 0.6 is 11.6 Å². The summed E-state index contributed by atoms with van der Waals surface area (Å²) in [5, 5.41) is 3.60. The van der Waals surface area contributed by atoms with Gasteiger partial charge in [0.2, 0.25) is 0 Å². The highest BCUT2D eigenvalue weighted by Crippen LogP contribution is 2.22. The van der Waals surface area contributed by atoms with Gasteiger partial charge in [-0.1, -0.05) is 11.6 Å². The average Bonchev–Trinajstić information content (AvgIpc) is 2.59. The quantitative estimate of drug-likeness (QED) is 0.897. The number of hydrogen-bond acceptors (Lipinski definition) is 2. The Bertz CT molecular complexity index is 423. The van der Waals surface area contributed by atoms with Crippen LogP contribution in [-0.2, 0) is 0 Å². The molecule has 106 valence electrons. The Kier molecular flexibility index (Phi) is 5.06. The van der Waals surface area contributed by atoms with Crippen molar-refractivity contribution < 1.29 is 4.39 Å². The number of nitrogens with zero attached hydrogens (tertiary/aromatic N) is 1. The van der Waals surface area contributed by atoms with Crippen LogP contribution in [0.5, 0.6) is 0 Å². The van der Waals surface area contributed by atoms with Gasteiger partial charge in [0.1, 0.15) is 5.82 Å². The van der Waals surface area contributed by atoms with Crippen LogP contribution < -0.4 is 5.32 Å². The van der Waals surface area contributed by atoms with Crippen LogP contribution in [0.25, 0.3) is 0 Å². The van der Waals surface area contributed by atoms with E-state index in [9.17, 15) is 4.39 Å². The summed E-state index contributed by atoms with van der Waals surface area (Å²) in [5.41, 5.74) is 0.824. The molecule has 0 saturated carbocycles. The second-order valence-corrected chi connectivity index (χ2v) is 5.94. The first-order valence-electron chi connectivity index (χ1n) is 7.02. The molecule has 0 aliphatic carbocycles. The zero-order valence-electron chi connectivity index (χ0n) is 11.6. The van der Waals surface area contributed by atoms with Crippen LogP contribution in [0.1, 0.15) is 33.1 Å². The molecule has 1 unspecified atom stereocenters. The SMILES string of the molecule is CC(C)N1CCCC(Nc2ccc(Cl)c(F)c2)CC1. The summed E-state index contributed by atoms with van der Waals surface area (Å²) in [5.74, 6) is -0.357. The maximum Gasteiger partial charge on any atom is 0.143 e. The molecule has 1 aliphatic heterocycles. The fourth-order valence-electron chi connectivity index (χ4n) is 2.60. The summed E-state index contributed by atoms with van der Waals surface area (Å²) in [6, 6.07) is 5.95. The summed E-state index contributed by atoms with van der Waals surface area (Å²) in [6.45, 7) is 6.74. The Hall–Kier alpha value is -0.800. The molecule has 0 aromatic heterocycles. The van der Waals surface area contributed by atoms with Crippen molar-refractivity contribution in [3.8, 4) is 0 Å². The molecule has 2 rings (SSSR count). The van der Waals surface area contributed by atoms with Gasteiger partial charge in [-0.2, -0.15) is 0 Å². The molecule has 1 atom stereocenters. The molecule has 0 bridgehead atoms. The molecule has 0 amide bonds. The van der Waals surface area contributed by atoms with Gasteiger partial charge in [-0.15, -0.1) is 0 Å². The topological polar surface area (TPSA) is 15.3 Å². The van der Waals surface area contributed by atoms with Crippen LogP contribution in [0.15, 0.2) is 18.2 Å². The molecule has 1 heterocycles. The van der Waals surface area contributed by atoms with E-state index in [2.05, 4.69) is 24.1 Å². The zero-order chi connectivity index (χ0) is 13.8. The van der Waals surface area contributed by atoms with Gasteiger partial charge < -0.3 is 10.2 Å². The number of halogens is 2. The third-order valence-corrected chi connectivity index (χ3v) is 4.09. The summed E-state index contributed by atoms with van der Waals surface area (Å²) in [7, 11) is 0. The first kappa shape index (κ1) is 14.6. The second kappa shape index (κ2) is 6.58. The van der Waals surface area contributed by atoms with Gasteiger partial charge in [-0.05, 0) is 57.9 Å². The first-order valence-corrected chi connectivity index (χ1v) is 7.39. The number of anilines is 1. The standard InChI is InChI=1S/C15H22ClFN2/c1-11(2)19-8-3-4-12(7-9-19)18-13-5-6-14(16)15(17)10-13/h5-6,10-12,18H,3-4,7-9H2,1-2H3. The van der Waals surface area contributed by atoms with Gasteiger partial charge in [-0.25, -0.2) is 4.39 Å². The highest BCUT2D eigenvalue weighted by molar-refractivity contribution is 6.30. The normalized spacial score (nSPS) is 21.4. The fraction of sp³-hybridized carbons (Fsp3) is 0.600. The maximum atomic E-state index is 13.4. The minimum atomic E-state index is -0.357. The molecule has 1 aromatic carbocycles.